The molecule has 96 valence electrons. The average Bonchev–Trinajstić information content (AvgIpc) is 2.67. The van der Waals surface area contributed by atoms with Crippen molar-refractivity contribution in [2.75, 3.05) is 7.05 Å². The van der Waals surface area contributed by atoms with E-state index in [1.54, 1.807) is 0 Å². The summed E-state index contributed by atoms with van der Waals surface area (Å²) in [5, 5.41) is 4.11. The molecule has 0 spiro atoms. The van der Waals surface area contributed by atoms with Crippen molar-refractivity contribution in [2.24, 2.45) is 11.8 Å². The van der Waals surface area contributed by atoms with Gasteiger partial charge in [0, 0.05) is 11.3 Å². The zero-order valence-electron chi connectivity index (χ0n) is 10.9. The Morgan fingerprint density at radius 1 is 1.35 bits per heavy atom. The molecule has 17 heavy (non-hydrogen) atoms. The summed E-state index contributed by atoms with van der Waals surface area (Å²) in [7, 11) is 2.08. The quantitative estimate of drug-likeness (QED) is 0.917. The van der Waals surface area contributed by atoms with Crippen molar-refractivity contribution in [2.45, 2.75) is 49.2 Å². The number of nitrogens with zero attached hydrogens (tertiary/aromatic N) is 2. The van der Waals surface area contributed by atoms with Crippen LogP contribution in [-0.4, -0.2) is 27.7 Å². The van der Waals surface area contributed by atoms with Gasteiger partial charge in [-0.3, -0.25) is 0 Å². The number of rotatable bonds is 3. The molecule has 1 saturated carbocycles. The maximum Gasteiger partial charge on any atom is 0.170 e. The summed E-state index contributed by atoms with van der Waals surface area (Å²) in [4.78, 5) is 4.47. The number of aromatic nitrogens is 2. The summed E-state index contributed by atoms with van der Waals surface area (Å²) < 4.78 is 5.38. The largest absolute Gasteiger partial charge is 0.316 e. The number of hydrogen-bond acceptors (Lipinski definition) is 5. The Balaban J connectivity index is 2.06. The van der Waals surface area contributed by atoms with Crippen LogP contribution in [0.5, 0.6) is 0 Å². The third-order valence-electron chi connectivity index (χ3n) is 3.50. The normalized spacial score (nSPS) is 33.9. The lowest BCUT2D eigenvalue weighted by Gasteiger charge is -2.38. The highest BCUT2D eigenvalue weighted by Gasteiger charge is 2.34. The number of hydrogen-bond donors (Lipinski definition) is 1. The Morgan fingerprint density at radius 2 is 2.12 bits per heavy atom. The van der Waals surface area contributed by atoms with Gasteiger partial charge < -0.3 is 5.32 Å². The van der Waals surface area contributed by atoms with E-state index in [9.17, 15) is 0 Å². The number of nitrogens with one attached hydrogen (secondary N) is 1. The van der Waals surface area contributed by atoms with Crippen molar-refractivity contribution >= 4 is 23.3 Å². The fourth-order valence-electron chi connectivity index (χ4n) is 2.75. The van der Waals surface area contributed by atoms with E-state index in [0.29, 0.717) is 11.3 Å². The smallest absolute Gasteiger partial charge is 0.170 e. The van der Waals surface area contributed by atoms with Crippen molar-refractivity contribution in [1.82, 2.24) is 14.7 Å². The van der Waals surface area contributed by atoms with Crippen molar-refractivity contribution in [3.8, 4) is 0 Å². The highest BCUT2D eigenvalue weighted by atomic mass is 32.2. The summed E-state index contributed by atoms with van der Waals surface area (Å²) in [6, 6.07) is 0.600. The van der Waals surface area contributed by atoms with Crippen LogP contribution < -0.4 is 5.32 Å². The molecule has 0 aromatic carbocycles. The minimum atomic E-state index is 0.600. The van der Waals surface area contributed by atoms with Crippen LogP contribution in [0.25, 0.3) is 0 Å². The standard InChI is InChI=1S/C12H21N3S2/c1-7-5-8(2)11(10(6-7)13-4)16-12-14-9(3)15-17-12/h7-8,10-11,13H,5-6H2,1-4H3. The van der Waals surface area contributed by atoms with E-state index >= 15 is 0 Å². The lowest BCUT2D eigenvalue weighted by atomic mass is 9.80. The van der Waals surface area contributed by atoms with E-state index in [4.69, 9.17) is 0 Å². The fraction of sp³-hybridized carbons (Fsp3) is 0.833. The van der Waals surface area contributed by atoms with Crippen molar-refractivity contribution in [3.05, 3.63) is 5.82 Å². The summed E-state index contributed by atoms with van der Waals surface area (Å²) in [6.45, 7) is 6.69. The van der Waals surface area contributed by atoms with Gasteiger partial charge in [-0.1, -0.05) is 25.6 Å². The minimum absolute atomic E-state index is 0.600. The summed E-state index contributed by atoms with van der Waals surface area (Å²) >= 11 is 3.44. The van der Waals surface area contributed by atoms with Crippen LogP contribution in [0.4, 0.5) is 0 Å². The Kier molecular flexibility index (Phi) is 4.44. The van der Waals surface area contributed by atoms with Gasteiger partial charge in [0.1, 0.15) is 5.82 Å². The van der Waals surface area contributed by atoms with Gasteiger partial charge in [-0.25, -0.2) is 4.98 Å². The predicted octanol–water partition coefficient (Wildman–Crippen LogP) is 2.96. The van der Waals surface area contributed by atoms with Gasteiger partial charge >= 0.3 is 0 Å². The minimum Gasteiger partial charge on any atom is -0.316 e. The molecule has 0 amide bonds. The Hall–Kier alpha value is -0.130. The number of aryl methyl sites for hydroxylation is 1. The Morgan fingerprint density at radius 3 is 2.71 bits per heavy atom. The van der Waals surface area contributed by atoms with Crippen LogP contribution >= 0.6 is 23.3 Å². The Bertz CT molecular complexity index is 366. The maximum absolute atomic E-state index is 4.47. The van der Waals surface area contributed by atoms with Gasteiger partial charge in [0.25, 0.3) is 0 Å². The molecule has 3 nitrogen and oxygen atoms in total. The molecular formula is C12H21N3S2. The molecule has 1 aromatic rings. The molecule has 0 saturated heterocycles. The van der Waals surface area contributed by atoms with E-state index in [0.717, 1.165) is 22.0 Å². The van der Waals surface area contributed by atoms with E-state index in [2.05, 4.69) is 35.6 Å². The molecule has 5 heteroatoms. The molecule has 1 heterocycles. The summed E-state index contributed by atoms with van der Waals surface area (Å²) in [5.41, 5.74) is 0. The second-order valence-electron chi connectivity index (χ2n) is 5.14. The SMILES string of the molecule is CNC1CC(C)CC(C)C1Sc1nc(C)ns1. The summed E-state index contributed by atoms with van der Waals surface area (Å²) in [6.07, 6.45) is 2.60. The second-order valence-corrected chi connectivity index (χ2v) is 7.32. The molecule has 0 bridgehead atoms. The van der Waals surface area contributed by atoms with Crippen LogP contribution in [0.2, 0.25) is 0 Å². The van der Waals surface area contributed by atoms with Gasteiger partial charge in [0.2, 0.25) is 0 Å². The molecular weight excluding hydrogens is 250 g/mol. The monoisotopic (exact) mass is 271 g/mol. The van der Waals surface area contributed by atoms with Crippen molar-refractivity contribution in [1.29, 1.82) is 0 Å². The first-order valence-corrected chi connectivity index (χ1v) is 7.89. The lowest BCUT2D eigenvalue weighted by Crippen LogP contribution is -2.44. The summed E-state index contributed by atoms with van der Waals surface area (Å²) in [5.74, 6) is 2.47. The third kappa shape index (κ3) is 3.20. The first-order chi connectivity index (χ1) is 8.10. The zero-order valence-corrected chi connectivity index (χ0v) is 12.6. The number of thioether (sulfide) groups is 1. The van der Waals surface area contributed by atoms with Crippen LogP contribution in [0.15, 0.2) is 4.34 Å². The molecule has 2 rings (SSSR count). The van der Waals surface area contributed by atoms with Gasteiger partial charge in [-0.05, 0) is 50.2 Å². The topological polar surface area (TPSA) is 37.8 Å². The Labute approximate surface area is 112 Å². The maximum atomic E-state index is 4.47. The van der Waals surface area contributed by atoms with Crippen LogP contribution in [-0.2, 0) is 0 Å². The van der Waals surface area contributed by atoms with E-state index in [1.165, 1.54) is 24.4 Å². The molecule has 0 aliphatic heterocycles. The lowest BCUT2D eigenvalue weighted by molar-refractivity contribution is 0.257. The van der Waals surface area contributed by atoms with Gasteiger partial charge in [-0.2, -0.15) is 4.37 Å². The zero-order chi connectivity index (χ0) is 12.4. The molecule has 1 aliphatic rings. The first kappa shape index (κ1) is 13.3. The van der Waals surface area contributed by atoms with Gasteiger partial charge in [0.15, 0.2) is 4.34 Å². The molecule has 4 unspecified atom stereocenters. The van der Waals surface area contributed by atoms with Crippen molar-refractivity contribution < 1.29 is 0 Å². The molecule has 1 aromatic heterocycles. The third-order valence-corrected chi connectivity index (χ3v) is 5.98. The van der Waals surface area contributed by atoms with Crippen LogP contribution in [0, 0.1) is 18.8 Å². The molecule has 0 radical (unpaired) electrons. The highest BCUT2D eigenvalue weighted by Crippen LogP contribution is 2.39. The molecule has 1 aliphatic carbocycles. The molecule has 1 N–H and O–H groups in total. The van der Waals surface area contributed by atoms with E-state index in [-0.39, 0.29) is 0 Å². The average molecular weight is 271 g/mol. The first-order valence-electron chi connectivity index (χ1n) is 6.24. The van der Waals surface area contributed by atoms with Gasteiger partial charge in [-0.15, -0.1) is 0 Å². The fourth-order valence-corrected chi connectivity index (χ4v) is 4.97. The van der Waals surface area contributed by atoms with E-state index in [1.807, 2.05) is 18.7 Å². The predicted molar refractivity (Wildman–Crippen MR) is 74.7 cm³/mol. The van der Waals surface area contributed by atoms with E-state index < -0.39 is 0 Å². The highest BCUT2D eigenvalue weighted by molar-refractivity contribution is 8.01. The van der Waals surface area contributed by atoms with Crippen molar-refractivity contribution in [3.63, 3.8) is 0 Å². The molecule has 1 fully saturated rings. The van der Waals surface area contributed by atoms with Crippen LogP contribution in [0.3, 0.4) is 0 Å². The van der Waals surface area contributed by atoms with Gasteiger partial charge in [0.05, 0.1) is 0 Å². The second kappa shape index (κ2) is 5.67. The molecule has 4 atom stereocenters. The van der Waals surface area contributed by atoms with Crippen LogP contribution in [0.1, 0.15) is 32.5 Å².